The molecule has 0 N–H and O–H groups in total. The predicted octanol–water partition coefficient (Wildman–Crippen LogP) is 14.2. The molecule has 1 aliphatic rings. The van der Waals surface area contributed by atoms with Gasteiger partial charge in [0.1, 0.15) is 11.5 Å². The van der Waals surface area contributed by atoms with Gasteiger partial charge in [-0.3, -0.25) is 0 Å². The zero-order valence-corrected chi connectivity index (χ0v) is 27.7. The highest BCUT2D eigenvalue weighted by atomic mass is 16.5. The number of fused-ring (bicyclic) bond motifs is 7. The van der Waals surface area contributed by atoms with Gasteiger partial charge in [0.2, 0.25) is 0 Å². The summed E-state index contributed by atoms with van der Waals surface area (Å²) in [6.07, 6.45) is 0. The zero-order valence-electron chi connectivity index (χ0n) is 27.7. The molecule has 0 aromatic heterocycles. The molecular weight excluding hydrogens is 617 g/mol. The Balaban J connectivity index is 1.09. The summed E-state index contributed by atoms with van der Waals surface area (Å²) in [6.45, 7) is 0. The lowest BCUT2D eigenvalue weighted by Gasteiger charge is -2.23. The Kier molecular flexibility index (Phi) is 6.02. The van der Waals surface area contributed by atoms with Crippen molar-refractivity contribution in [1.29, 1.82) is 0 Å². The third kappa shape index (κ3) is 4.28. The van der Waals surface area contributed by atoms with E-state index in [1.54, 1.807) is 0 Å². The maximum Gasteiger partial charge on any atom is 0.135 e. The lowest BCUT2D eigenvalue weighted by atomic mass is 9.86. The number of ether oxygens (including phenoxy) is 1. The first-order chi connectivity index (χ1) is 25.3. The van der Waals surface area contributed by atoms with Crippen molar-refractivity contribution >= 4 is 53.9 Å². The molecule has 0 atom stereocenters. The van der Waals surface area contributed by atoms with E-state index >= 15 is 0 Å². The highest BCUT2D eigenvalue weighted by molar-refractivity contribution is 6.22. The molecule has 0 aliphatic carbocycles. The van der Waals surface area contributed by atoms with E-state index in [1.807, 2.05) is 0 Å². The first kappa shape index (κ1) is 28.2. The summed E-state index contributed by atoms with van der Waals surface area (Å²) in [4.78, 5) is 0. The monoisotopic (exact) mass is 646 g/mol. The molecule has 236 valence electrons. The van der Waals surface area contributed by atoms with Crippen molar-refractivity contribution in [3.05, 3.63) is 182 Å². The molecule has 0 unspecified atom stereocenters. The van der Waals surface area contributed by atoms with Gasteiger partial charge in [0.25, 0.3) is 0 Å². The Hall–Kier alpha value is -6.70. The zero-order chi connectivity index (χ0) is 33.5. The molecule has 0 bridgehead atoms. The molecule has 0 saturated heterocycles. The van der Waals surface area contributed by atoms with Gasteiger partial charge in [-0.05, 0) is 118 Å². The van der Waals surface area contributed by atoms with Crippen molar-refractivity contribution in [3.8, 4) is 56.0 Å². The fourth-order valence-electron chi connectivity index (χ4n) is 8.47. The van der Waals surface area contributed by atoms with Crippen molar-refractivity contribution in [2.24, 2.45) is 0 Å². The molecule has 0 radical (unpaired) electrons. The summed E-state index contributed by atoms with van der Waals surface area (Å²) in [5.41, 5.74) is 9.68. The predicted molar refractivity (Wildman–Crippen MR) is 216 cm³/mol. The van der Waals surface area contributed by atoms with Crippen LogP contribution >= 0.6 is 0 Å². The molecule has 1 heterocycles. The van der Waals surface area contributed by atoms with Gasteiger partial charge in [-0.2, -0.15) is 0 Å². The van der Waals surface area contributed by atoms with E-state index in [0.29, 0.717) is 0 Å². The highest BCUT2D eigenvalue weighted by Gasteiger charge is 2.23. The molecule has 0 amide bonds. The van der Waals surface area contributed by atoms with Crippen molar-refractivity contribution in [2.75, 3.05) is 0 Å². The molecule has 0 fully saturated rings. The standard InChI is InChI=1S/C50H30O/c1-2-10-31(11-3-1)33-22-26-47-46(29-33)43-19-9-18-42-39(25-27-48(51-47)50(42)43)36-21-23-38-34(28-36)14-8-17-41(38)49-40-16-7-5-13-35(40)30-45-37-15-6-4-12-32(37)20-24-44(45)49/h1-30H. The van der Waals surface area contributed by atoms with Crippen LogP contribution in [0.3, 0.4) is 0 Å². The number of benzene rings is 10. The van der Waals surface area contributed by atoms with Crippen molar-refractivity contribution < 1.29 is 4.74 Å². The van der Waals surface area contributed by atoms with Crippen LogP contribution in [0.25, 0.3) is 98.4 Å². The van der Waals surface area contributed by atoms with Gasteiger partial charge in [0, 0.05) is 10.9 Å². The smallest absolute Gasteiger partial charge is 0.135 e. The summed E-state index contributed by atoms with van der Waals surface area (Å²) >= 11 is 0. The van der Waals surface area contributed by atoms with E-state index in [2.05, 4.69) is 182 Å². The number of hydrogen-bond donors (Lipinski definition) is 0. The topological polar surface area (TPSA) is 9.23 Å². The molecule has 0 spiro atoms. The highest BCUT2D eigenvalue weighted by Crippen LogP contribution is 2.50. The summed E-state index contributed by atoms with van der Waals surface area (Å²) in [5, 5.41) is 12.5. The minimum absolute atomic E-state index is 0.898. The Morgan fingerprint density at radius 1 is 0.275 bits per heavy atom. The molecule has 11 rings (SSSR count). The maximum atomic E-state index is 6.56. The third-order valence-corrected chi connectivity index (χ3v) is 10.8. The van der Waals surface area contributed by atoms with Gasteiger partial charge in [0.05, 0.1) is 0 Å². The van der Waals surface area contributed by atoms with Crippen LogP contribution < -0.4 is 4.74 Å². The second kappa shape index (κ2) is 10.9. The van der Waals surface area contributed by atoms with Crippen LogP contribution in [0.2, 0.25) is 0 Å². The van der Waals surface area contributed by atoms with Gasteiger partial charge in [-0.25, -0.2) is 0 Å². The van der Waals surface area contributed by atoms with E-state index < -0.39 is 0 Å². The minimum atomic E-state index is 0.898. The fourth-order valence-corrected chi connectivity index (χ4v) is 8.47. The average molecular weight is 647 g/mol. The molecule has 51 heavy (non-hydrogen) atoms. The van der Waals surface area contributed by atoms with Gasteiger partial charge in [0.15, 0.2) is 0 Å². The first-order valence-electron chi connectivity index (χ1n) is 17.6. The summed E-state index contributed by atoms with van der Waals surface area (Å²) in [6, 6.07) is 66.3. The molecule has 1 heteroatoms. The fraction of sp³-hybridized carbons (Fsp3) is 0. The Bertz CT molecular complexity index is 3040. The summed E-state index contributed by atoms with van der Waals surface area (Å²) in [5.74, 6) is 1.80. The number of hydrogen-bond acceptors (Lipinski definition) is 1. The normalized spacial score (nSPS) is 12.1. The molecule has 10 aromatic rings. The SMILES string of the molecule is c1ccc(-c2ccc3c(c2)-c2cccc4c(-c5ccc6c(-c7c8ccccc8cc8c7ccc7ccccc78)cccc6c5)ccc(c24)O3)cc1. The van der Waals surface area contributed by atoms with Crippen molar-refractivity contribution in [1.82, 2.24) is 0 Å². The van der Waals surface area contributed by atoms with Crippen LogP contribution in [0.5, 0.6) is 11.5 Å². The van der Waals surface area contributed by atoms with E-state index in [1.165, 1.54) is 87.4 Å². The quantitative estimate of drug-likeness (QED) is 0.137. The van der Waals surface area contributed by atoms with E-state index in [4.69, 9.17) is 4.74 Å². The molecular formula is C50H30O. The van der Waals surface area contributed by atoms with Crippen molar-refractivity contribution in [2.45, 2.75) is 0 Å². The van der Waals surface area contributed by atoms with Crippen LogP contribution in [-0.4, -0.2) is 0 Å². The van der Waals surface area contributed by atoms with Gasteiger partial charge in [-0.1, -0.05) is 152 Å². The lowest BCUT2D eigenvalue weighted by Crippen LogP contribution is -1.98. The van der Waals surface area contributed by atoms with E-state index in [9.17, 15) is 0 Å². The van der Waals surface area contributed by atoms with Crippen molar-refractivity contribution in [3.63, 3.8) is 0 Å². The number of rotatable bonds is 3. The molecule has 1 nitrogen and oxygen atoms in total. The maximum absolute atomic E-state index is 6.56. The summed E-state index contributed by atoms with van der Waals surface area (Å²) < 4.78 is 6.56. The Morgan fingerprint density at radius 3 is 1.88 bits per heavy atom. The lowest BCUT2D eigenvalue weighted by molar-refractivity contribution is 0.487. The van der Waals surface area contributed by atoms with Crippen LogP contribution in [0.4, 0.5) is 0 Å². The Labute approximate surface area is 295 Å². The van der Waals surface area contributed by atoms with Crippen LogP contribution in [0.15, 0.2) is 182 Å². The van der Waals surface area contributed by atoms with Gasteiger partial charge >= 0.3 is 0 Å². The molecule has 1 aliphatic heterocycles. The van der Waals surface area contributed by atoms with Gasteiger partial charge in [-0.15, -0.1) is 0 Å². The summed E-state index contributed by atoms with van der Waals surface area (Å²) in [7, 11) is 0. The second-order valence-corrected chi connectivity index (χ2v) is 13.6. The van der Waals surface area contributed by atoms with E-state index in [0.717, 1.165) is 22.4 Å². The largest absolute Gasteiger partial charge is 0.456 e. The van der Waals surface area contributed by atoms with Crippen LogP contribution in [0, 0.1) is 0 Å². The Morgan fingerprint density at radius 2 is 0.961 bits per heavy atom. The van der Waals surface area contributed by atoms with Crippen LogP contribution in [-0.2, 0) is 0 Å². The molecule has 10 aromatic carbocycles. The van der Waals surface area contributed by atoms with E-state index in [-0.39, 0.29) is 0 Å². The second-order valence-electron chi connectivity index (χ2n) is 13.6. The average Bonchev–Trinajstić information content (AvgIpc) is 3.20. The molecule has 0 saturated carbocycles. The third-order valence-electron chi connectivity index (χ3n) is 10.8. The van der Waals surface area contributed by atoms with Gasteiger partial charge < -0.3 is 4.74 Å². The first-order valence-corrected chi connectivity index (χ1v) is 17.6. The minimum Gasteiger partial charge on any atom is -0.456 e. The van der Waals surface area contributed by atoms with Crippen LogP contribution in [0.1, 0.15) is 0 Å².